The monoisotopic (exact) mass is 350 g/mol. The van der Waals surface area contributed by atoms with Gasteiger partial charge in [0.25, 0.3) is 0 Å². The molecule has 0 aliphatic carbocycles. The number of pyridine rings is 1. The number of nitrogens with two attached hydrogens (primary N) is 1. The molecule has 2 aromatic heterocycles. The summed E-state index contributed by atoms with van der Waals surface area (Å²) < 4.78 is 0. The van der Waals surface area contributed by atoms with Gasteiger partial charge in [-0.25, -0.2) is 9.97 Å². The van der Waals surface area contributed by atoms with Gasteiger partial charge in [0.1, 0.15) is 5.82 Å². The number of hydrogen-bond donors (Lipinski definition) is 1. The number of aryl methyl sites for hydroxylation is 1. The summed E-state index contributed by atoms with van der Waals surface area (Å²) in [6.07, 6.45) is 5.70. The molecule has 0 unspecified atom stereocenters. The van der Waals surface area contributed by atoms with Crippen molar-refractivity contribution in [1.29, 1.82) is 0 Å². The first-order chi connectivity index (χ1) is 12.2. The van der Waals surface area contributed by atoms with Crippen molar-refractivity contribution in [3.8, 4) is 21.7 Å². The predicted molar refractivity (Wildman–Crippen MR) is 106 cm³/mol. The molecule has 128 valence electrons. The average molecular weight is 350 g/mol. The third-order valence-corrected chi connectivity index (χ3v) is 5.56. The van der Waals surface area contributed by atoms with Gasteiger partial charge < -0.3 is 10.6 Å². The van der Waals surface area contributed by atoms with Crippen LogP contribution in [0.3, 0.4) is 0 Å². The molecule has 3 aromatic rings. The minimum Gasteiger partial charge on any atom is -0.375 e. The molecule has 1 aliphatic heterocycles. The molecule has 0 saturated carbocycles. The van der Waals surface area contributed by atoms with Crippen molar-refractivity contribution >= 4 is 22.3 Å². The summed E-state index contributed by atoms with van der Waals surface area (Å²) in [5, 5.41) is 0.600. The summed E-state index contributed by atoms with van der Waals surface area (Å²) in [6.45, 7) is 4.28. The lowest BCUT2D eigenvalue weighted by molar-refractivity contribution is 0.573. The molecule has 1 aromatic carbocycles. The topological polar surface area (TPSA) is 55.0 Å². The maximum atomic E-state index is 6.05. The molecule has 1 aliphatic rings. The van der Waals surface area contributed by atoms with Gasteiger partial charge in [0, 0.05) is 24.8 Å². The van der Waals surface area contributed by atoms with Crippen LogP contribution in [-0.2, 0) is 0 Å². The summed E-state index contributed by atoms with van der Waals surface area (Å²) in [5.41, 5.74) is 10.5. The Labute approximate surface area is 152 Å². The van der Waals surface area contributed by atoms with Crippen LogP contribution in [-0.4, -0.2) is 23.1 Å². The maximum Gasteiger partial charge on any atom is 0.181 e. The number of rotatable bonds is 3. The number of benzene rings is 1. The van der Waals surface area contributed by atoms with E-state index in [-0.39, 0.29) is 0 Å². The highest BCUT2D eigenvalue weighted by Gasteiger charge is 2.17. The van der Waals surface area contributed by atoms with E-state index in [0.29, 0.717) is 5.13 Å². The molecule has 0 radical (unpaired) electrons. The Morgan fingerprint density at radius 2 is 1.88 bits per heavy atom. The normalized spacial score (nSPS) is 14.7. The number of nitrogens with zero attached hydrogens (tertiary/aromatic N) is 3. The third kappa shape index (κ3) is 3.37. The molecule has 2 N–H and O–H groups in total. The zero-order valence-corrected chi connectivity index (χ0v) is 15.2. The van der Waals surface area contributed by atoms with Crippen molar-refractivity contribution in [2.45, 2.75) is 26.2 Å². The first kappa shape index (κ1) is 16.1. The zero-order chi connectivity index (χ0) is 17.2. The van der Waals surface area contributed by atoms with Gasteiger partial charge in [-0.05, 0) is 49.9 Å². The second-order valence-corrected chi connectivity index (χ2v) is 7.58. The number of hydrogen-bond acceptors (Lipinski definition) is 5. The quantitative estimate of drug-likeness (QED) is 0.740. The van der Waals surface area contributed by atoms with Gasteiger partial charge in [-0.2, -0.15) is 0 Å². The number of piperidine rings is 1. The molecule has 1 fully saturated rings. The molecular weight excluding hydrogens is 328 g/mol. The highest BCUT2D eigenvalue weighted by atomic mass is 32.1. The molecule has 1 saturated heterocycles. The molecule has 5 heteroatoms. The third-order valence-electron chi connectivity index (χ3n) is 4.62. The Kier molecular flexibility index (Phi) is 4.40. The summed E-state index contributed by atoms with van der Waals surface area (Å²) in [6, 6.07) is 12.6. The smallest absolute Gasteiger partial charge is 0.181 e. The second-order valence-electron chi connectivity index (χ2n) is 6.55. The fourth-order valence-corrected chi connectivity index (χ4v) is 4.23. The number of anilines is 2. The van der Waals surface area contributed by atoms with E-state index in [1.54, 1.807) is 11.3 Å². The molecule has 25 heavy (non-hydrogen) atoms. The predicted octanol–water partition coefficient (Wildman–Crippen LogP) is 4.75. The molecule has 4 nitrogen and oxygen atoms in total. The molecule has 3 heterocycles. The van der Waals surface area contributed by atoms with E-state index in [1.165, 1.54) is 24.8 Å². The van der Waals surface area contributed by atoms with Crippen LogP contribution in [0.2, 0.25) is 0 Å². The van der Waals surface area contributed by atoms with Gasteiger partial charge in [-0.1, -0.05) is 35.1 Å². The van der Waals surface area contributed by atoms with Crippen LogP contribution in [0, 0.1) is 6.92 Å². The van der Waals surface area contributed by atoms with Gasteiger partial charge in [-0.15, -0.1) is 0 Å². The van der Waals surface area contributed by atoms with Gasteiger partial charge in [0.05, 0.1) is 10.6 Å². The fourth-order valence-electron chi connectivity index (χ4n) is 3.38. The number of aromatic nitrogens is 2. The van der Waals surface area contributed by atoms with Crippen LogP contribution < -0.4 is 10.6 Å². The molecule has 0 amide bonds. The summed E-state index contributed by atoms with van der Waals surface area (Å²) >= 11 is 1.54. The van der Waals surface area contributed by atoms with Crippen LogP contribution in [0.1, 0.15) is 24.8 Å². The minimum absolute atomic E-state index is 0.600. The van der Waals surface area contributed by atoms with Gasteiger partial charge >= 0.3 is 0 Å². The summed E-state index contributed by atoms with van der Waals surface area (Å²) in [5.74, 6) is 1.05. The van der Waals surface area contributed by atoms with Gasteiger partial charge in [0.2, 0.25) is 0 Å². The van der Waals surface area contributed by atoms with Crippen molar-refractivity contribution in [1.82, 2.24) is 9.97 Å². The van der Waals surface area contributed by atoms with Crippen molar-refractivity contribution in [3.63, 3.8) is 0 Å². The maximum absolute atomic E-state index is 6.05. The van der Waals surface area contributed by atoms with Crippen LogP contribution in [0.5, 0.6) is 0 Å². The highest BCUT2D eigenvalue weighted by molar-refractivity contribution is 7.19. The lowest BCUT2D eigenvalue weighted by Crippen LogP contribution is -2.30. The van der Waals surface area contributed by atoms with E-state index in [4.69, 9.17) is 5.73 Å². The molecule has 0 bridgehead atoms. The number of nitrogen functional groups attached to an aromatic ring is 1. The van der Waals surface area contributed by atoms with E-state index in [2.05, 4.69) is 58.2 Å². The van der Waals surface area contributed by atoms with E-state index >= 15 is 0 Å². The van der Waals surface area contributed by atoms with Crippen LogP contribution >= 0.6 is 11.3 Å². The van der Waals surface area contributed by atoms with Gasteiger partial charge in [0.15, 0.2) is 5.13 Å². The van der Waals surface area contributed by atoms with Crippen LogP contribution in [0.4, 0.5) is 10.9 Å². The van der Waals surface area contributed by atoms with Crippen molar-refractivity contribution in [2.75, 3.05) is 23.7 Å². The van der Waals surface area contributed by atoms with Crippen LogP contribution in [0.25, 0.3) is 21.7 Å². The Balaban J connectivity index is 1.75. The van der Waals surface area contributed by atoms with Crippen LogP contribution in [0.15, 0.2) is 42.6 Å². The highest BCUT2D eigenvalue weighted by Crippen LogP contribution is 2.39. The van der Waals surface area contributed by atoms with Crippen molar-refractivity contribution in [3.05, 3.63) is 48.2 Å². The lowest BCUT2D eigenvalue weighted by Gasteiger charge is -2.27. The molecule has 0 spiro atoms. The zero-order valence-electron chi connectivity index (χ0n) is 14.4. The minimum atomic E-state index is 0.600. The average Bonchev–Trinajstić information content (AvgIpc) is 3.04. The van der Waals surface area contributed by atoms with Gasteiger partial charge in [-0.3, -0.25) is 0 Å². The number of thiazole rings is 1. The SMILES string of the molecule is Cc1cccc(-c2nc(N)sc2-c2ccnc(N3CCCCC3)c2)c1. The van der Waals surface area contributed by atoms with E-state index in [9.17, 15) is 0 Å². The van der Waals surface area contributed by atoms with E-state index in [1.807, 2.05) is 6.20 Å². The van der Waals surface area contributed by atoms with Crippen molar-refractivity contribution in [2.24, 2.45) is 0 Å². The molecular formula is C20H22N4S. The standard InChI is InChI=1S/C20H22N4S/c1-14-6-5-7-15(12-14)18-19(25-20(21)23-18)16-8-9-22-17(13-16)24-10-3-2-4-11-24/h5-9,12-13H,2-4,10-11H2,1H3,(H2,21,23). The van der Waals surface area contributed by atoms with Crippen molar-refractivity contribution < 1.29 is 0 Å². The lowest BCUT2D eigenvalue weighted by atomic mass is 10.1. The van der Waals surface area contributed by atoms with E-state index < -0.39 is 0 Å². The fraction of sp³-hybridized carbons (Fsp3) is 0.300. The first-order valence-corrected chi connectivity index (χ1v) is 9.57. The Morgan fingerprint density at radius 3 is 2.68 bits per heavy atom. The summed E-state index contributed by atoms with van der Waals surface area (Å²) in [7, 11) is 0. The summed E-state index contributed by atoms with van der Waals surface area (Å²) in [4.78, 5) is 12.7. The molecule has 0 atom stereocenters. The Bertz CT molecular complexity index is 881. The Morgan fingerprint density at radius 1 is 1.04 bits per heavy atom. The molecule has 4 rings (SSSR count). The second kappa shape index (κ2) is 6.84. The first-order valence-electron chi connectivity index (χ1n) is 8.75. The Hall–Kier alpha value is -2.40. The largest absolute Gasteiger partial charge is 0.375 e. The van der Waals surface area contributed by atoms with E-state index in [0.717, 1.165) is 40.6 Å².